The molecule has 0 heterocycles. The van der Waals surface area contributed by atoms with Crippen LogP contribution in [0.1, 0.15) is 24.8 Å². The van der Waals surface area contributed by atoms with Crippen LogP contribution in [-0.2, 0) is 6.54 Å². The van der Waals surface area contributed by atoms with Crippen LogP contribution in [0.3, 0.4) is 0 Å². The van der Waals surface area contributed by atoms with Crippen LogP contribution in [0.25, 0.3) is 0 Å². The first-order valence-electron chi connectivity index (χ1n) is 6.30. The first-order valence-corrected chi connectivity index (χ1v) is 6.30. The Morgan fingerprint density at radius 2 is 1.67 bits per heavy atom. The Balaban J connectivity index is 2.13. The van der Waals surface area contributed by atoms with Gasteiger partial charge in [-0.3, -0.25) is 0 Å². The summed E-state index contributed by atoms with van der Waals surface area (Å²) in [6.45, 7) is 0.835. The molecule has 0 bridgehead atoms. The highest BCUT2D eigenvalue weighted by atomic mass is 16.5. The van der Waals surface area contributed by atoms with Crippen molar-refractivity contribution in [2.24, 2.45) is 0 Å². The number of hydrogen-bond donors (Lipinski definition) is 1. The predicted molar refractivity (Wildman–Crippen MR) is 70.6 cm³/mol. The van der Waals surface area contributed by atoms with E-state index in [4.69, 9.17) is 14.2 Å². The zero-order valence-electron chi connectivity index (χ0n) is 11.3. The van der Waals surface area contributed by atoms with Gasteiger partial charge in [-0.25, -0.2) is 0 Å². The van der Waals surface area contributed by atoms with Gasteiger partial charge in [0.1, 0.15) is 0 Å². The van der Waals surface area contributed by atoms with Crippen molar-refractivity contribution in [3.63, 3.8) is 0 Å². The average molecular weight is 251 g/mol. The third-order valence-corrected chi connectivity index (χ3v) is 3.42. The zero-order chi connectivity index (χ0) is 13.0. The van der Waals surface area contributed by atoms with E-state index in [0.717, 1.165) is 12.1 Å². The van der Waals surface area contributed by atoms with Gasteiger partial charge in [0.2, 0.25) is 5.75 Å². The van der Waals surface area contributed by atoms with Crippen molar-refractivity contribution < 1.29 is 14.2 Å². The van der Waals surface area contributed by atoms with Crippen molar-refractivity contribution in [3.05, 3.63) is 17.7 Å². The minimum absolute atomic E-state index is 0.646. The Labute approximate surface area is 108 Å². The number of methoxy groups -OCH3 is 3. The first kappa shape index (κ1) is 13.0. The van der Waals surface area contributed by atoms with E-state index in [-0.39, 0.29) is 0 Å². The molecule has 1 saturated carbocycles. The van der Waals surface area contributed by atoms with Gasteiger partial charge < -0.3 is 19.5 Å². The van der Waals surface area contributed by atoms with Crippen LogP contribution in [0.4, 0.5) is 0 Å². The van der Waals surface area contributed by atoms with Gasteiger partial charge in [-0.1, -0.05) is 6.42 Å². The van der Waals surface area contributed by atoms with Crippen LogP contribution in [0.5, 0.6) is 17.2 Å². The molecule has 100 valence electrons. The van der Waals surface area contributed by atoms with Gasteiger partial charge in [-0.15, -0.1) is 0 Å². The Morgan fingerprint density at radius 3 is 2.06 bits per heavy atom. The lowest BCUT2D eigenvalue weighted by molar-refractivity contribution is 0.321. The lowest BCUT2D eigenvalue weighted by Crippen LogP contribution is -2.34. The minimum Gasteiger partial charge on any atom is -0.493 e. The van der Waals surface area contributed by atoms with Crippen LogP contribution < -0.4 is 19.5 Å². The second-order valence-electron chi connectivity index (χ2n) is 4.54. The van der Waals surface area contributed by atoms with Crippen LogP contribution >= 0.6 is 0 Å². The summed E-state index contributed by atoms with van der Waals surface area (Å²) in [5.41, 5.74) is 1.15. The molecule has 1 fully saturated rings. The lowest BCUT2D eigenvalue weighted by atomic mass is 9.93. The molecule has 0 amide bonds. The normalized spacial score (nSPS) is 15.1. The third-order valence-electron chi connectivity index (χ3n) is 3.42. The molecule has 0 spiro atoms. The van der Waals surface area contributed by atoms with Crippen molar-refractivity contribution in [3.8, 4) is 17.2 Å². The Morgan fingerprint density at radius 1 is 1.06 bits per heavy atom. The summed E-state index contributed by atoms with van der Waals surface area (Å²) in [7, 11) is 4.90. The molecule has 1 aliphatic rings. The average Bonchev–Trinajstić information content (AvgIpc) is 2.35. The second-order valence-corrected chi connectivity index (χ2v) is 4.54. The van der Waals surface area contributed by atoms with E-state index < -0.39 is 0 Å². The highest BCUT2D eigenvalue weighted by Crippen LogP contribution is 2.38. The Kier molecular flexibility index (Phi) is 4.31. The minimum atomic E-state index is 0.646. The SMILES string of the molecule is COc1cc(CNC2CCC2)cc(OC)c1OC. The van der Waals surface area contributed by atoms with Gasteiger partial charge >= 0.3 is 0 Å². The zero-order valence-corrected chi connectivity index (χ0v) is 11.3. The van der Waals surface area contributed by atoms with Crippen molar-refractivity contribution in [2.45, 2.75) is 31.8 Å². The summed E-state index contributed by atoms with van der Waals surface area (Å²) >= 11 is 0. The van der Waals surface area contributed by atoms with Gasteiger partial charge in [-0.2, -0.15) is 0 Å². The van der Waals surface area contributed by atoms with Gasteiger partial charge in [0, 0.05) is 12.6 Å². The summed E-state index contributed by atoms with van der Waals surface area (Å²) in [6, 6.07) is 4.66. The molecule has 4 nitrogen and oxygen atoms in total. The van der Waals surface area contributed by atoms with E-state index in [1.54, 1.807) is 21.3 Å². The molecule has 1 aliphatic carbocycles. The van der Waals surface area contributed by atoms with Crippen molar-refractivity contribution in [2.75, 3.05) is 21.3 Å². The lowest BCUT2D eigenvalue weighted by Gasteiger charge is -2.26. The summed E-state index contributed by atoms with van der Waals surface area (Å²) in [4.78, 5) is 0. The first-order chi connectivity index (χ1) is 8.78. The standard InChI is InChI=1S/C14H21NO3/c1-16-12-7-10(9-15-11-5-4-6-11)8-13(17-2)14(12)18-3/h7-8,11,15H,4-6,9H2,1-3H3. The number of rotatable bonds is 6. The fraction of sp³-hybridized carbons (Fsp3) is 0.571. The Hall–Kier alpha value is -1.42. The van der Waals surface area contributed by atoms with Gasteiger partial charge in [0.25, 0.3) is 0 Å². The van der Waals surface area contributed by atoms with Gasteiger partial charge in [0.05, 0.1) is 21.3 Å². The molecule has 0 aliphatic heterocycles. The Bertz CT molecular complexity index is 377. The maximum atomic E-state index is 5.33. The summed E-state index contributed by atoms with van der Waals surface area (Å²) < 4.78 is 16.0. The van der Waals surface area contributed by atoms with E-state index in [9.17, 15) is 0 Å². The molecule has 0 aromatic heterocycles. The molecule has 1 aromatic rings. The molecule has 1 N–H and O–H groups in total. The largest absolute Gasteiger partial charge is 0.493 e. The molecule has 0 unspecified atom stereocenters. The summed E-state index contributed by atoms with van der Waals surface area (Å²) in [6.07, 6.45) is 3.90. The van der Waals surface area contributed by atoms with Crippen LogP contribution in [0.15, 0.2) is 12.1 Å². The van der Waals surface area contributed by atoms with E-state index >= 15 is 0 Å². The molecular formula is C14H21NO3. The molecule has 1 aromatic carbocycles. The van der Waals surface area contributed by atoms with Crippen molar-refractivity contribution in [1.82, 2.24) is 5.32 Å². The molecule has 2 rings (SSSR count). The maximum absolute atomic E-state index is 5.33. The number of ether oxygens (including phenoxy) is 3. The van der Waals surface area contributed by atoms with E-state index in [0.29, 0.717) is 23.3 Å². The second kappa shape index (κ2) is 5.96. The molecule has 0 radical (unpaired) electrons. The predicted octanol–water partition coefficient (Wildman–Crippen LogP) is 2.35. The molecule has 0 saturated heterocycles. The van der Waals surface area contributed by atoms with E-state index in [1.807, 2.05) is 12.1 Å². The van der Waals surface area contributed by atoms with E-state index in [2.05, 4.69) is 5.32 Å². The van der Waals surface area contributed by atoms with Crippen molar-refractivity contribution >= 4 is 0 Å². The molecule has 0 atom stereocenters. The molecular weight excluding hydrogens is 230 g/mol. The molecule has 18 heavy (non-hydrogen) atoms. The van der Waals surface area contributed by atoms with Gasteiger partial charge in [0.15, 0.2) is 11.5 Å². The summed E-state index contributed by atoms with van der Waals surface area (Å²) in [5.74, 6) is 2.07. The van der Waals surface area contributed by atoms with Gasteiger partial charge in [-0.05, 0) is 30.5 Å². The maximum Gasteiger partial charge on any atom is 0.203 e. The number of benzene rings is 1. The fourth-order valence-electron chi connectivity index (χ4n) is 2.11. The molecule has 4 heteroatoms. The smallest absolute Gasteiger partial charge is 0.203 e. The third kappa shape index (κ3) is 2.70. The fourth-order valence-corrected chi connectivity index (χ4v) is 2.11. The van der Waals surface area contributed by atoms with E-state index in [1.165, 1.54) is 19.3 Å². The quantitative estimate of drug-likeness (QED) is 0.842. The van der Waals surface area contributed by atoms with Crippen LogP contribution in [0.2, 0.25) is 0 Å². The highest BCUT2D eigenvalue weighted by Gasteiger charge is 2.17. The highest BCUT2D eigenvalue weighted by molar-refractivity contribution is 5.53. The summed E-state index contributed by atoms with van der Waals surface area (Å²) in [5, 5.41) is 3.52. The van der Waals surface area contributed by atoms with Crippen LogP contribution in [0, 0.1) is 0 Å². The topological polar surface area (TPSA) is 39.7 Å². The monoisotopic (exact) mass is 251 g/mol. The number of nitrogens with one attached hydrogen (secondary N) is 1. The number of hydrogen-bond acceptors (Lipinski definition) is 4. The van der Waals surface area contributed by atoms with Crippen LogP contribution in [-0.4, -0.2) is 27.4 Å². The van der Waals surface area contributed by atoms with Crippen molar-refractivity contribution in [1.29, 1.82) is 0 Å².